The number of benzene rings is 1. The number of nitrogen functional groups attached to an aromatic ring is 1. The van der Waals surface area contributed by atoms with E-state index in [0.29, 0.717) is 11.0 Å². The van der Waals surface area contributed by atoms with E-state index >= 15 is 0 Å². The molecule has 0 aliphatic carbocycles. The number of ketones is 1. The molecule has 3 heterocycles. The van der Waals surface area contributed by atoms with Crippen LogP contribution in [-0.2, 0) is 14.1 Å². The lowest BCUT2D eigenvalue weighted by Gasteiger charge is -2.11. The standard InChI is InChI=1S/C20H18N6O3S2/c1-24-16(21)15(18(28)25(2)20(24)29)13(27)11-31-19-23-22-17(14-9-6-10-30-14)26(19)12-7-4-3-5-8-12/h3-10H,11,21H2,1-2H3. The summed E-state index contributed by atoms with van der Waals surface area (Å²) in [6.07, 6.45) is 0. The topological polar surface area (TPSA) is 118 Å². The molecule has 0 fully saturated rings. The van der Waals surface area contributed by atoms with Crippen molar-refractivity contribution in [2.75, 3.05) is 11.5 Å². The van der Waals surface area contributed by atoms with E-state index in [1.54, 1.807) is 0 Å². The monoisotopic (exact) mass is 454 g/mol. The maximum absolute atomic E-state index is 12.9. The Morgan fingerprint density at radius 1 is 1.06 bits per heavy atom. The van der Waals surface area contributed by atoms with Crippen LogP contribution in [-0.4, -0.2) is 35.4 Å². The maximum Gasteiger partial charge on any atom is 0.332 e. The van der Waals surface area contributed by atoms with E-state index in [4.69, 9.17) is 5.73 Å². The van der Waals surface area contributed by atoms with Gasteiger partial charge in [0, 0.05) is 19.8 Å². The molecule has 0 aliphatic rings. The summed E-state index contributed by atoms with van der Waals surface area (Å²) in [5.41, 5.74) is 5.24. The van der Waals surface area contributed by atoms with Crippen LogP contribution in [0.25, 0.3) is 16.4 Å². The van der Waals surface area contributed by atoms with E-state index in [-0.39, 0.29) is 17.1 Å². The lowest BCUT2D eigenvalue weighted by Crippen LogP contribution is -2.41. The number of para-hydroxylation sites is 1. The number of anilines is 1. The molecule has 4 rings (SSSR count). The minimum absolute atomic E-state index is 0.0902. The van der Waals surface area contributed by atoms with Crippen LogP contribution < -0.4 is 17.0 Å². The number of nitrogens with zero attached hydrogens (tertiary/aromatic N) is 5. The number of thiophene rings is 1. The number of hydrogen-bond acceptors (Lipinski definition) is 8. The van der Waals surface area contributed by atoms with Gasteiger partial charge in [-0.05, 0) is 23.6 Å². The van der Waals surface area contributed by atoms with Crippen LogP contribution >= 0.6 is 23.1 Å². The molecule has 1 aromatic carbocycles. The van der Waals surface area contributed by atoms with Gasteiger partial charge in [-0.15, -0.1) is 21.5 Å². The summed E-state index contributed by atoms with van der Waals surface area (Å²) >= 11 is 2.69. The van der Waals surface area contributed by atoms with E-state index in [2.05, 4.69) is 10.2 Å². The van der Waals surface area contributed by atoms with Gasteiger partial charge < -0.3 is 5.73 Å². The van der Waals surface area contributed by atoms with Gasteiger partial charge in [0.05, 0.1) is 10.6 Å². The van der Waals surface area contributed by atoms with Crippen molar-refractivity contribution < 1.29 is 4.79 Å². The van der Waals surface area contributed by atoms with E-state index in [1.165, 1.54) is 25.4 Å². The first kappa shape index (κ1) is 20.8. The summed E-state index contributed by atoms with van der Waals surface area (Å²) < 4.78 is 3.82. The molecule has 0 unspecified atom stereocenters. The molecule has 0 aliphatic heterocycles. The predicted octanol–water partition coefficient (Wildman–Crippen LogP) is 1.95. The van der Waals surface area contributed by atoms with Crippen molar-refractivity contribution in [2.24, 2.45) is 14.1 Å². The Labute approximate surface area is 184 Å². The highest BCUT2D eigenvalue weighted by Gasteiger charge is 2.22. The largest absolute Gasteiger partial charge is 0.384 e. The van der Waals surface area contributed by atoms with Gasteiger partial charge in [0.1, 0.15) is 11.4 Å². The lowest BCUT2D eigenvalue weighted by atomic mass is 10.2. The molecule has 158 valence electrons. The zero-order valence-corrected chi connectivity index (χ0v) is 18.3. The third kappa shape index (κ3) is 3.73. The van der Waals surface area contributed by atoms with Gasteiger partial charge in [0.25, 0.3) is 5.56 Å². The van der Waals surface area contributed by atoms with Crippen LogP contribution in [0.5, 0.6) is 0 Å². The number of aromatic nitrogens is 5. The number of carbonyl (C=O) groups excluding carboxylic acids is 1. The summed E-state index contributed by atoms with van der Waals surface area (Å²) in [6, 6.07) is 13.4. The summed E-state index contributed by atoms with van der Waals surface area (Å²) in [5.74, 6) is -0.0669. The molecule has 0 saturated carbocycles. The van der Waals surface area contributed by atoms with Crippen molar-refractivity contribution in [1.82, 2.24) is 23.9 Å². The summed E-state index contributed by atoms with van der Waals surface area (Å²) in [6.45, 7) is 0. The average Bonchev–Trinajstić information content (AvgIpc) is 3.45. The Bertz CT molecular complexity index is 1370. The first-order valence-corrected chi connectivity index (χ1v) is 11.0. The highest BCUT2D eigenvalue weighted by molar-refractivity contribution is 7.99. The molecule has 0 spiro atoms. The van der Waals surface area contributed by atoms with Gasteiger partial charge in [0.2, 0.25) is 0 Å². The minimum atomic E-state index is -0.713. The molecule has 0 amide bonds. The average molecular weight is 455 g/mol. The zero-order valence-electron chi connectivity index (χ0n) is 16.7. The van der Waals surface area contributed by atoms with Crippen LogP contribution in [0.15, 0.2) is 62.6 Å². The van der Waals surface area contributed by atoms with Crippen molar-refractivity contribution in [1.29, 1.82) is 0 Å². The van der Waals surface area contributed by atoms with Crippen LogP contribution in [0.3, 0.4) is 0 Å². The second-order valence-electron chi connectivity index (χ2n) is 6.63. The number of thioether (sulfide) groups is 1. The van der Waals surface area contributed by atoms with Crippen LogP contribution in [0.1, 0.15) is 10.4 Å². The molecule has 0 radical (unpaired) electrons. The van der Waals surface area contributed by atoms with E-state index in [0.717, 1.165) is 31.5 Å². The van der Waals surface area contributed by atoms with Crippen molar-refractivity contribution in [3.8, 4) is 16.4 Å². The lowest BCUT2D eigenvalue weighted by molar-refractivity contribution is 0.102. The molecule has 2 N–H and O–H groups in total. The van der Waals surface area contributed by atoms with Crippen molar-refractivity contribution in [2.45, 2.75) is 5.16 Å². The van der Waals surface area contributed by atoms with E-state index < -0.39 is 17.0 Å². The minimum Gasteiger partial charge on any atom is -0.384 e. The van der Waals surface area contributed by atoms with Gasteiger partial charge in [-0.2, -0.15) is 0 Å². The van der Waals surface area contributed by atoms with Crippen molar-refractivity contribution in [3.05, 3.63) is 74.2 Å². The van der Waals surface area contributed by atoms with Crippen LogP contribution in [0.4, 0.5) is 5.82 Å². The fourth-order valence-corrected chi connectivity index (χ4v) is 4.59. The van der Waals surface area contributed by atoms with Crippen LogP contribution in [0, 0.1) is 0 Å². The zero-order chi connectivity index (χ0) is 22.1. The fraction of sp³-hybridized carbons (Fsp3) is 0.150. The second kappa shape index (κ2) is 8.36. The second-order valence-corrected chi connectivity index (χ2v) is 8.52. The number of nitrogens with two attached hydrogens (primary N) is 1. The van der Waals surface area contributed by atoms with Gasteiger partial charge in [-0.1, -0.05) is 36.0 Å². The third-order valence-corrected chi connectivity index (χ3v) is 6.51. The fourth-order valence-electron chi connectivity index (χ4n) is 3.06. The Kier molecular flexibility index (Phi) is 5.61. The molecular weight excluding hydrogens is 436 g/mol. The molecule has 9 nitrogen and oxygen atoms in total. The molecule has 0 atom stereocenters. The van der Waals surface area contributed by atoms with Gasteiger partial charge in [0.15, 0.2) is 16.8 Å². The molecule has 31 heavy (non-hydrogen) atoms. The molecule has 11 heteroatoms. The normalized spacial score (nSPS) is 11.0. The highest BCUT2D eigenvalue weighted by Crippen LogP contribution is 2.30. The van der Waals surface area contributed by atoms with Crippen LogP contribution in [0.2, 0.25) is 0 Å². The maximum atomic E-state index is 12.9. The third-order valence-electron chi connectivity index (χ3n) is 4.71. The molecule has 3 aromatic heterocycles. The number of hydrogen-bond donors (Lipinski definition) is 1. The number of carbonyl (C=O) groups is 1. The summed E-state index contributed by atoms with van der Waals surface area (Å²) in [5, 5.41) is 11.0. The molecule has 4 aromatic rings. The van der Waals surface area contributed by atoms with Gasteiger partial charge in [-0.25, -0.2) is 4.79 Å². The summed E-state index contributed by atoms with van der Waals surface area (Å²) in [4.78, 5) is 38.3. The summed E-state index contributed by atoms with van der Waals surface area (Å²) in [7, 11) is 2.73. The van der Waals surface area contributed by atoms with Gasteiger partial charge >= 0.3 is 5.69 Å². The van der Waals surface area contributed by atoms with Crippen molar-refractivity contribution in [3.63, 3.8) is 0 Å². The Hall–Kier alpha value is -3.44. The Morgan fingerprint density at radius 3 is 2.48 bits per heavy atom. The Balaban J connectivity index is 1.70. The first-order valence-electron chi connectivity index (χ1n) is 9.16. The highest BCUT2D eigenvalue weighted by atomic mass is 32.2. The van der Waals surface area contributed by atoms with E-state index in [9.17, 15) is 14.4 Å². The molecular formula is C20H18N6O3S2. The SMILES string of the molecule is Cn1c(N)c(C(=O)CSc2nnc(-c3cccs3)n2-c2ccccc2)c(=O)n(C)c1=O. The number of rotatable bonds is 6. The Morgan fingerprint density at radius 2 is 1.81 bits per heavy atom. The smallest absolute Gasteiger partial charge is 0.332 e. The molecule has 0 bridgehead atoms. The molecule has 0 saturated heterocycles. The van der Waals surface area contributed by atoms with Gasteiger partial charge in [-0.3, -0.25) is 23.3 Å². The quantitative estimate of drug-likeness (QED) is 0.349. The van der Waals surface area contributed by atoms with Crippen molar-refractivity contribution >= 4 is 34.7 Å². The first-order chi connectivity index (χ1) is 14.9. The predicted molar refractivity (Wildman–Crippen MR) is 121 cm³/mol. The number of Topliss-reactive ketones (excluding diaryl/α,β-unsaturated/α-hetero) is 1. The van der Waals surface area contributed by atoms with E-state index in [1.807, 2.05) is 52.4 Å².